The fourth-order valence-corrected chi connectivity index (χ4v) is 2.71. The summed E-state index contributed by atoms with van der Waals surface area (Å²) in [6, 6.07) is 14.7. The average Bonchev–Trinajstić information content (AvgIpc) is 2.36. The Balaban J connectivity index is 1.74. The van der Waals surface area contributed by atoms with Gasteiger partial charge in [-0.2, -0.15) is 0 Å². The number of hydrogen-bond donors (Lipinski definition) is 1. The molecule has 2 unspecified atom stereocenters. The minimum atomic E-state index is -0.718. The van der Waals surface area contributed by atoms with Crippen LogP contribution in [0.3, 0.4) is 0 Å². The van der Waals surface area contributed by atoms with Gasteiger partial charge in [0, 0.05) is 5.56 Å². The third-order valence-corrected chi connectivity index (χ3v) is 3.73. The van der Waals surface area contributed by atoms with Gasteiger partial charge in [0.05, 0.1) is 6.10 Å². The molecule has 1 aliphatic carbocycles. The molecule has 0 aliphatic heterocycles. The topological polar surface area (TPSA) is 20.2 Å². The van der Waals surface area contributed by atoms with Crippen molar-refractivity contribution in [3.05, 3.63) is 71.0 Å². The van der Waals surface area contributed by atoms with Crippen molar-refractivity contribution in [2.75, 3.05) is 0 Å². The molecule has 1 nitrogen and oxygen atoms in total. The predicted octanol–water partition coefficient (Wildman–Crippen LogP) is 3.59. The molecular formula is C16H15FO. The van der Waals surface area contributed by atoms with Crippen molar-refractivity contribution < 1.29 is 9.50 Å². The molecule has 0 aromatic heterocycles. The molecule has 18 heavy (non-hydrogen) atoms. The van der Waals surface area contributed by atoms with Crippen LogP contribution in [0.5, 0.6) is 0 Å². The van der Waals surface area contributed by atoms with E-state index < -0.39 is 6.10 Å². The van der Waals surface area contributed by atoms with E-state index in [2.05, 4.69) is 12.1 Å². The summed E-state index contributed by atoms with van der Waals surface area (Å²) in [5.41, 5.74) is 3.05. The van der Waals surface area contributed by atoms with Gasteiger partial charge in [-0.05, 0) is 36.0 Å². The molecule has 1 N–H and O–H groups in total. The van der Waals surface area contributed by atoms with Crippen LogP contribution in [0.4, 0.5) is 4.39 Å². The van der Waals surface area contributed by atoms with Crippen LogP contribution in [0.1, 0.15) is 35.1 Å². The van der Waals surface area contributed by atoms with Gasteiger partial charge < -0.3 is 5.11 Å². The molecule has 0 bridgehead atoms. The first kappa shape index (κ1) is 11.4. The van der Waals surface area contributed by atoms with Gasteiger partial charge in [0.25, 0.3) is 0 Å². The summed E-state index contributed by atoms with van der Waals surface area (Å²) in [6.07, 6.45) is 0.865. The Kier molecular flexibility index (Phi) is 2.88. The summed E-state index contributed by atoms with van der Waals surface area (Å²) in [7, 11) is 0. The van der Waals surface area contributed by atoms with Gasteiger partial charge in [-0.1, -0.05) is 42.5 Å². The van der Waals surface area contributed by atoms with E-state index in [-0.39, 0.29) is 5.82 Å². The van der Waals surface area contributed by atoms with E-state index in [9.17, 15) is 9.50 Å². The second kappa shape index (κ2) is 4.54. The molecule has 92 valence electrons. The van der Waals surface area contributed by atoms with E-state index in [4.69, 9.17) is 0 Å². The third kappa shape index (κ3) is 1.93. The number of halogens is 1. The van der Waals surface area contributed by atoms with Crippen molar-refractivity contribution in [3.63, 3.8) is 0 Å². The van der Waals surface area contributed by atoms with Crippen LogP contribution in [-0.4, -0.2) is 5.11 Å². The molecule has 2 atom stereocenters. The van der Waals surface area contributed by atoms with Gasteiger partial charge in [-0.3, -0.25) is 0 Å². The number of rotatable bonds is 3. The number of aliphatic hydroxyl groups is 1. The second-order valence-corrected chi connectivity index (χ2v) is 4.87. The summed E-state index contributed by atoms with van der Waals surface area (Å²) < 4.78 is 13.5. The highest BCUT2D eigenvalue weighted by atomic mass is 19.1. The lowest BCUT2D eigenvalue weighted by Gasteiger charge is -2.31. The van der Waals surface area contributed by atoms with Crippen LogP contribution in [0.25, 0.3) is 0 Å². The normalized spacial score (nSPS) is 18.9. The Morgan fingerprint density at radius 2 is 1.83 bits per heavy atom. The van der Waals surface area contributed by atoms with Gasteiger partial charge in [-0.15, -0.1) is 0 Å². The molecule has 3 rings (SSSR count). The Hall–Kier alpha value is -1.67. The van der Waals surface area contributed by atoms with Crippen LogP contribution in [0.2, 0.25) is 0 Å². The van der Waals surface area contributed by atoms with Crippen molar-refractivity contribution in [2.45, 2.75) is 24.9 Å². The Morgan fingerprint density at radius 3 is 2.61 bits per heavy atom. The second-order valence-electron chi connectivity index (χ2n) is 4.87. The molecule has 0 heterocycles. The van der Waals surface area contributed by atoms with Crippen molar-refractivity contribution >= 4 is 0 Å². The average molecular weight is 242 g/mol. The van der Waals surface area contributed by atoms with Gasteiger partial charge in [0.1, 0.15) is 5.82 Å². The number of fused-ring (bicyclic) bond motifs is 1. The van der Waals surface area contributed by atoms with Gasteiger partial charge in [0.2, 0.25) is 0 Å². The van der Waals surface area contributed by atoms with E-state index in [1.54, 1.807) is 18.2 Å². The Labute approximate surface area is 106 Å². The fourth-order valence-electron chi connectivity index (χ4n) is 2.71. The zero-order valence-electron chi connectivity index (χ0n) is 10.0. The lowest BCUT2D eigenvalue weighted by Crippen LogP contribution is -2.19. The molecule has 2 aromatic carbocycles. The van der Waals surface area contributed by atoms with E-state index in [1.807, 2.05) is 12.1 Å². The number of benzene rings is 2. The van der Waals surface area contributed by atoms with Gasteiger partial charge in [-0.25, -0.2) is 4.39 Å². The number of aliphatic hydroxyl groups excluding tert-OH is 1. The summed E-state index contributed by atoms with van der Waals surface area (Å²) >= 11 is 0. The third-order valence-electron chi connectivity index (χ3n) is 3.73. The molecule has 0 radical (unpaired) electrons. The van der Waals surface area contributed by atoms with Gasteiger partial charge >= 0.3 is 0 Å². The first-order chi connectivity index (χ1) is 8.75. The maximum Gasteiger partial charge on any atom is 0.128 e. The quantitative estimate of drug-likeness (QED) is 0.872. The first-order valence-electron chi connectivity index (χ1n) is 6.26. The fraction of sp³-hybridized carbons (Fsp3) is 0.250. The molecule has 2 heteroatoms. The minimum absolute atomic E-state index is 0.322. The zero-order chi connectivity index (χ0) is 12.5. The molecule has 0 saturated heterocycles. The standard InChI is InChI=1S/C16H15FO/c17-15-8-4-3-7-14(15)16(18)10-12-9-11-5-1-2-6-13(11)12/h1-8,12,16,18H,9-10H2. The summed E-state index contributed by atoms with van der Waals surface area (Å²) in [5.74, 6) is 0.0356. The van der Waals surface area contributed by atoms with Crippen LogP contribution < -0.4 is 0 Å². The molecule has 0 fully saturated rings. The molecular weight excluding hydrogens is 227 g/mol. The monoisotopic (exact) mass is 242 g/mol. The van der Waals surface area contributed by atoms with E-state index >= 15 is 0 Å². The maximum absolute atomic E-state index is 13.5. The van der Waals surface area contributed by atoms with Gasteiger partial charge in [0.15, 0.2) is 0 Å². The largest absolute Gasteiger partial charge is 0.388 e. The Bertz CT molecular complexity index is 565. The SMILES string of the molecule is OC(CC1Cc2ccccc21)c1ccccc1F. The minimum Gasteiger partial charge on any atom is -0.388 e. The van der Waals surface area contributed by atoms with Crippen LogP contribution in [-0.2, 0) is 6.42 Å². The van der Waals surface area contributed by atoms with E-state index in [0.717, 1.165) is 6.42 Å². The molecule has 0 spiro atoms. The lowest BCUT2D eigenvalue weighted by molar-refractivity contribution is 0.149. The van der Waals surface area contributed by atoms with Crippen molar-refractivity contribution in [2.24, 2.45) is 0 Å². The highest BCUT2D eigenvalue weighted by molar-refractivity contribution is 5.40. The highest BCUT2D eigenvalue weighted by Crippen LogP contribution is 2.40. The predicted molar refractivity (Wildman–Crippen MR) is 68.9 cm³/mol. The zero-order valence-corrected chi connectivity index (χ0v) is 10.0. The summed E-state index contributed by atoms with van der Waals surface area (Å²) in [6.45, 7) is 0. The first-order valence-corrected chi connectivity index (χ1v) is 6.26. The van der Waals surface area contributed by atoms with E-state index in [1.165, 1.54) is 17.2 Å². The summed E-state index contributed by atoms with van der Waals surface area (Å²) in [4.78, 5) is 0. The highest BCUT2D eigenvalue weighted by Gasteiger charge is 2.28. The molecule has 2 aromatic rings. The smallest absolute Gasteiger partial charge is 0.128 e. The molecule has 1 aliphatic rings. The van der Waals surface area contributed by atoms with Crippen LogP contribution in [0.15, 0.2) is 48.5 Å². The van der Waals surface area contributed by atoms with Crippen LogP contribution >= 0.6 is 0 Å². The Morgan fingerprint density at radius 1 is 1.11 bits per heavy atom. The van der Waals surface area contributed by atoms with Crippen molar-refractivity contribution in [3.8, 4) is 0 Å². The van der Waals surface area contributed by atoms with Crippen molar-refractivity contribution in [1.82, 2.24) is 0 Å². The van der Waals surface area contributed by atoms with Crippen molar-refractivity contribution in [1.29, 1.82) is 0 Å². The molecule has 0 saturated carbocycles. The van der Waals surface area contributed by atoms with E-state index in [0.29, 0.717) is 17.9 Å². The van der Waals surface area contributed by atoms with Crippen LogP contribution in [0, 0.1) is 5.82 Å². The number of hydrogen-bond acceptors (Lipinski definition) is 1. The maximum atomic E-state index is 13.5. The molecule has 0 amide bonds. The summed E-state index contributed by atoms with van der Waals surface area (Å²) in [5, 5.41) is 10.1. The lowest BCUT2D eigenvalue weighted by atomic mass is 9.74.